The van der Waals surface area contributed by atoms with Crippen LogP contribution in [0.15, 0.2) is 0 Å². The predicted molar refractivity (Wildman–Crippen MR) is 41.3 cm³/mol. The Labute approximate surface area is 53.7 Å². The van der Waals surface area contributed by atoms with Gasteiger partial charge in [-0.1, -0.05) is 13.8 Å². The standard InChI is InChI=1S/2C2H7N.C2H6/c2*1-3-2;1-2/h2*3H,1-2H3;1-2H3. The third kappa shape index (κ3) is 22400. The SMILES string of the molecule is CC.CNC.CNC. The summed E-state index contributed by atoms with van der Waals surface area (Å²) in [6.45, 7) is 4.00. The molecule has 0 saturated carbocycles. The zero-order valence-electron chi connectivity index (χ0n) is 7.00. The van der Waals surface area contributed by atoms with Crippen molar-refractivity contribution >= 4 is 0 Å². The topological polar surface area (TPSA) is 24.1 Å². The van der Waals surface area contributed by atoms with Crippen LogP contribution in [0.2, 0.25) is 0 Å². The molecule has 0 bridgehead atoms. The van der Waals surface area contributed by atoms with Crippen molar-refractivity contribution in [1.82, 2.24) is 10.6 Å². The molecule has 0 saturated heterocycles. The van der Waals surface area contributed by atoms with Crippen molar-refractivity contribution in [1.29, 1.82) is 0 Å². The maximum absolute atomic E-state index is 2.75. The van der Waals surface area contributed by atoms with Gasteiger partial charge in [-0.2, -0.15) is 0 Å². The molecule has 0 unspecified atom stereocenters. The first-order valence-electron chi connectivity index (χ1n) is 3.00. The van der Waals surface area contributed by atoms with Gasteiger partial charge in [-0.25, -0.2) is 0 Å². The lowest BCUT2D eigenvalue weighted by Gasteiger charge is -1.59. The molecule has 0 aromatic carbocycles. The molecule has 2 N–H and O–H groups in total. The third-order valence-electron chi connectivity index (χ3n) is 0. The molecule has 0 aliphatic rings. The van der Waals surface area contributed by atoms with Gasteiger partial charge in [0.25, 0.3) is 0 Å². The van der Waals surface area contributed by atoms with E-state index in [1.165, 1.54) is 0 Å². The van der Waals surface area contributed by atoms with Crippen molar-refractivity contribution in [2.45, 2.75) is 13.8 Å². The van der Waals surface area contributed by atoms with Crippen molar-refractivity contribution in [3.8, 4) is 0 Å². The quantitative estimate of drug-likeness (QED) is 0.491. The second-order valence-electron chi connectivity index (χ2n) is 1.00. The van der Waals surface area contributed by atoms with Crippen LogP contribution in [-0.2, 0) is 0 Å². The summed E-state index contributed by atoms with van der Waals surface area (Å²) in [5.41, 5.74) is 0. The molecule has 0 fully saturated rings. The van der Waals surface area contributed by atoms with Crippen molar-refractivity contribution in [2.75, 3.05) is 28.2 Å². The molecule has 0 atom stereocenters. The second kappa shape index (κ2) is 65.8. The molecule has 0 rings (SSSR count). The zero-order valence-corrected chi connectivity index (χ0v) is 7.00. The molecule has 0 amide bonds. The molecule has 0 heterocycles. The number of hydrogen-bond donors (Lipinski definition) is 2. The minimum Gasteiger partial charge on any atom is -0.323 e. The van der Waals surface area contributed by atoms with Crippen molar-refractivity contribution in [2.24, 2.45) is 0 Å². The first-order chi connectivity index (χ1) is 3.83. The largest absolute Gasteiger partial charge is 0.323 e. The third-order valence-corrected chi connectivity index (χ3v) is 0. The lowest BCUT2D eigenvalue weighted by molar-refractivity contribution is 1.02. The average Bonchev–Trinajstić information content (AvgIpc) is 1.75. The zero-order chi connectivity index (χ0) is 7.41. The monoisotopic (exact) mass is 120 g/mol. The molecule has 2 heteroatoms. The van der Waals surface area contributed by atoms with Gasteiger partial charge in [-0.05, 0) is 28.2 Å². The van der Waals surface area contributed by atoms with Crippen LogP contribution >= 0.6 is 0 Å². The molecular formula is C6H20N2. The van der Waals surface area contributed by atoms with Crippen LogP contribution in [0.1, 0.15) is 13.8 Å². The van der Waals surface area contributed by atoms with Gasteiger partial charge >= 0.3 is 0 Å². The van der Waals surface area contributed by atoms with E-state index in [0.29, 0.717) is 0 Å². The van der Waals surface area contributed by atoms with E-state index in [4.69, 9.17) is 0 Å². The first-order valence-corrected chi connectivity index (χ1v) is 3.00. The Balaban J connectivity index is -0.0000000483. The molecule has 0 aliphatic heterocycles. The summed E-state index contributed by atoms with van der Waals surface area (Å²) in [6, 6.07) is 0. The van der Waals surface area contributed by atoms with Gasteiger partial charge in [0.2, 0.25) is 0 Å². The Morgan fingerprint density at radius 3 is 0.625 bits per heavy atom. The van der Waals surface area contributed by atoms with E-state index in [1.807, 2.05) is 42.0 Å². The van der Waals surface area contributed by atoms with Gasteiger partial charge in [0.05, 0.1) is 0 Å². The summed E-state index contributed by atoms with van der Waals surface area (Å²) in [7, 11) is 7.50. The van der Waals surface area contributed by atoms with Crippen LogP contribution in [0.5, 0.6) is 0 Å². The molecule has 54 valence electrons. The van der Waals surface area contributed by atoms with Crippen molar-refractivity contribution < 1.29 is 0 Å². The Bertz CT molecular complexity index is 8.49. The highest BCUT2D eigenvalue weighted by Gasteiger charge is 1.26. The minimum atomic E-state index is 1.88. The first kappa shape index (κ1) is 15.7. The lowest BCUT2D eigenvalue weighted by atomic mass is 11.0. The summed E-state index contributed by atoms with van der Waals surface area (Å²) >= 11 is 0. The molecule has 2 nitrogen and oxygen atoms in total. The van der Waals surface area contributed by atoms with E-state index >= 15 is 0 Å². The number of hydrogen-bond acceptors (Lipinski definition) is 2. The van der Waals surface area contributed by atoms with Gasteiger partial charge in [0.1, 0.15) is 0 Å². The Morgan fingerprint density at radius 1 is 0.625 bits per heavy atom. The number of nitrogens with one attached hydrogen (secondary N) is 2. The predicted octanol–water partition coefficient (Wildman–Crippen LogP) is 0.697. The number of rotatable bonds is 0. The van der Waals surface area contributed by atoms with Crippen LogP contribution in [0.25, 0.3) is 0 Å². The second-order valence-corrected chi connectivity index (χ2v) is 1.00. The average molecular weight is 120 g/mol. The van der Waals surface area contributed by atoms with Crippen LogP contribution in [0.3, 0.4) is 0 Å². The highest BCUT2D eigenvalue weighted by atomic mass is 14.7. The molecular weight excluding hydrogens is 100 g/mol. The van der Waals surface area contributed by atoms with Crippen LogP contribution < -0.4 is 10.6 Å². The van der Waals surface area contributed by atoms with Crippen molar-refractivity contribution in [3.05, 3.63) is 0 Å². The molecule has 0 spiro atoms. The van der Waals surface area contributed by atoms with Gasteiger partial charge < -0.3 is 10.6 Å². The maximum atomic E-state index is 2.75. The van der Waals surface area contributed by atoms with Crippen LogP contribution in [0.4, 0.5) is 0 Å². The fraction of sp³-hybridized carbons (Fsp3) is 1.00. The molecule has 0 aliphatic carbocycles. The summed E-state index contributed by atoms with van der Waals surface area (Å²) in [4.78, 5) is 0. The molecule has 0 aromatic heterocycles. The van der Waals surface area contributed by atoms with Gasteiger partial charge in [0, 0.05) is 0 Å². The fourth-order valence-corrected chi connectivity index (χ4v) is 0. The van der Waals surface area contributed by atoms with E-state index in [-0.39, 0.29) is 0 Å². The Hall–Kier alpha value is -0.0800. The van der Waals surface area contributed by atoms with E-state index in [9.17, 15) is 0 Å². The summed E-state index contributed by atoms with van der Waals surface area (Å²) in [5, 5.41) is 5.50. The van der Waals surface area contributed by atoms with E-state index < -0.39 is 0 Å². The van der Waals surface area contributed by atoms with Crippen LogP contribution in [0, 0.1) is 0 Å². The minimum absolute atomic E-state index is 1.88. The normalized spacial score (nSPS) is 5.25. The Kier molecular flexibility index (Phi) is 129. The van der Waals surface area contributed by atoms with Gasteiger partial charge in [-0.3, -0.25) is 0 Å². The molecule has 0 aromatic rings. The maximum Gasteiger partial charge on any atom is -0.0167 e. The van der Waals surface area contributed by atoms with E-state index in [2.05, 4.69) is 10.6 Å². The lowest BCUT2D eigenvalue weighted by Crippen LogP contribution is -1.89. The highest BCUT2D eigenvalue weighted by molar-refractivity contribution is 3.91. The highest BCUT2D eigenvalue weighted by Crippen LogP contribution is 1.14. The smallest absolute Gasteiger partial charge is 0.0167 e. The van der Waals surface area contributed by atoms with Gasteiger partial charge in [-0.15, -0.1) is 0 Å². The van der Waals surface area contributed by atoms with Gasteiger partial charge in [0.15, 0.2) is 0 Å². The fourth-order valence-electron chi connectivity index (χ4n) is 0. The summed E-state index contributed by atoms with van der Waals surface area (Å²) in [6.07, 6.45) is 0. The van der Waals surface area contributed by atoms with E-state index in [1.54, 1.807) is 0 Å². The van der Waals surface area contributed by atoms with Crippen molar-refractivity contribution in [3.63, 3.8) is 0 Å². The molecule has 0 radical (unpaired) electrons. The van der Waals surface area contributed by atoms with Crippen LogP contribution in [-0.4, -0.2) is 28.2 Å². The summed E-state index contributed by atoms with van der Waals surface area (Å²) < 4.78 is 0. The molecule has 8 heavy (non-hydrogen) atoms. The summed E-state index contributed by atoms with van der Waals surface area (Å²) in [5.74, 6) is 0. The van der Waals surface area contributed by atoms with E-state index in [0.717, 1.165) is 0 Å². The Morgan fingerprint density at radius 2 is 0.625 bits per heavy atom.